The minimum atomic E-state index is 0.559. The van der Waals surface area contributed by atoms with E-state index in [4.69, 9.17) is 4.98 Å². The number of anilines is 1. The van der Waals surface area contributed by atoms with Gasteiger partial charge in [-0.15, -0.1) is 11.3 Å². The van der Waals surface area contributed by atoms with Gasteiger partial charge in [-0.2, -0.15) is 5.10 Å². The van der Waals surface area contributed by atoms with E-state index < -0.39 is 0 Å². The number of benzene rings is 2. The van der Waals surface area contributed by atoms with E-state index in [2.05, 4.69) is 59.2 Å². The molecule has 0 radical (unpaired) electrons. The Morgan fingerprint density at radius 3 is 2.89 bits per heavy atom. The largest absolute Gasteiger partial charge is 0.382 e. The average Bonchev–Trinajstić information content (AvgIpc) is 3.24. The quantitative estimate of drug-likeness (QED) is 0.558. The maximum absolute atomic E-state index is 4.94. The molecule has 0 atom stereocenters. The van der Waals surface area contributed by atoms with Crippen molar-refractivity contribution in [3.05, 3.63) is 42.1 Å². The van der Waals surface area contributed by atoms with E-state index in [0.717, 1.165) is 40.1 Å². The van der Waals surface area contributed by atoms with Crippen LogP contribution in [0.25, 0.3) is 31.7 Å². The minimum Gasteiger partial charge on any atom is -0.382 e. The topological polar surface area (TPSA) is 54.8 Å². The lowest BCUT2D eigenvalue weighted by Gasteiger charge is -2.24. The second-order valence-electron chi connectivity index (χ2n) is 7.40. The maximum atomic E-state index is 4.94. The zero-order valence-corrected chi connectivity index (χ0v) is 16.4. The number of rotatable bonds is 3. The molecule has 2 N–H and O–H groups in total. The SMILES string of the molecule is Cc1cc(NC2CCNCC2)cc2sc(-c3ccc4nn(C)cc4c3)nc12. The minimum absolute atomic E-state index is 0.559. The fourth-order valence-corrected chi connectivity index (χ4v) is 4.97. The Morgan fingerprint density at radius 1 is 1.19 bits per heavy atom. The fraction of sp³-hybridized carbons (Fsp3) is 0.333. The van der Waals surface area contributed by atoms with Crippen LogP contribution in [0.5, 0.6) is 0 Å². The fourth-order valence-electron chi connectivity index (χ4n) is 3.89. The number of nitrogens with one attached hydrogen (secondary N) is 2. The van der Waals surface area contributed by atoms with E-state index in [1.54, 1.807) is 11.3 Å². The maximum Gasteiger partial charge on any atom is 0.124 e. The van der Waals surface area contributed by atoms with Gasteiger partial charge >= 0.3 is 0 Å². The van der Waals surface area contributed by atoms with E-state index in [1.807, 2.05) is 11.7 Å². The highest BCUT2D eigenvalue weighted by Gasteiger charge is 2.15. The molecule has 0 amide bonds. The Labute approximate surface area is 162 Å². The summed E-state index contributed by atoms with van der Waals surface area (Å²) in [4.78, 5) is 4.94. The van der Waals surface area contributed by atoms with Gasteiger partial charge in [0.05, 0.1) is 15.7 Å². The molecule has 27 heavy (non-hydrogen) atoms. The first-order valence-electron chi connectivity index (χ1n) is 9.48. The number of thiazole rings is 1. The highest BCUT2D eigenvalue weighted by Crippen LogP contribution is 2.35. The number of piperidine rings is 1. The smallest absolute Gasteiger partial charge is 0.124 e. The molecule has 0 saturated carbocycles. The number of fused-ring (bicyclic) bond motifs is 2. The molecule has 0 unspecified atom stereocenters. The molecule has 1 saturated heterocycles. The zero-order valence-electron chi connectivity index (χ0n) is 15.6. The molecule has 1 fully saturated rings. The van der Waals surface area contributed by atoms with Crippen LogP contribution >= 0.6 is 11.3 Å². The van der Waals surface area contributed by atoms with Crippen LogP contribution in [0.1, 0.15) is 18.4 Å². The standard InChI is InChI=1S/C21H23N5S/c1-13-9-17(23-16-5-7-22-8-6-16)11-19-20(13)24-21(27-19)14-3-4-18-15(10-14)12-26(2)25-18/h3-4,9-12,16,22-23H,5-8H2,1-2H3. The second kappa shape index (κ2) is 6.62. The van der Waals surface area contributed by atoms with Crippen molar-refractivity contribution in [2.45, 2.75) is 25.8 Å². The van der Waals surface area contributed by atoms with Crippen LogP contribution in [0.4, 0.5) is 5.69 Å². The molecule has 2 aromatic heterocycles. The third-order valence-corrected chi connectivity index (χ3v) is 6.31. The molecule has 138 valence electrons. The molecule has 3 heterocycles. The first kappa shape index (κ1) is 16.7. The van der Waals surface area contributed by atoms with Crippen molar-refractivity contribution in [2.75, 3.05) is 18.4 Å². The number of hydrogen-bond acceptors (Lipinski definition) is 5. The van der Waals surface area contributed by atoms with Crippen molar-refractivity contribution in [3.8, 4) is 10.6 Å². The van der Waals surface area contributed by atoms with Crippen molar-refractivity contribution in [3.63, 3.8) is 0 Å². The molecule has 6 heteroatoms. The molecular formula is C21H23N5S. The van der Waals surface area contributed by atoms with Gasteiger partial charge in [0.25, 0.3) is 0 Å². The molecule has 1 aliphatic rings. The first-order chi connectivity index (χ1) is 13.2. The van der Waals surface area contributed by atoms with Gasteiger partial charge in [0.15, 0.2) is 0 Å². The number of nitrogens with zero attached hydrogens (tertiary/aromatic N) is 3. The van der Waals surface area contributed by atoms with Crippen LogP contribution in [0.15, 0.2) is 36.5 Å². The van der Waals surface area contributed by atoms with Crippen molar-refractivity contribution in [2.24, 2.45) is 7.05 Å². The molecule has 0 aliphatic carbocycles. The Balaban J connectivity index is 1.50. The lowest BCUT2D eigenvalue weighted by Crippen LogP contribution is -2.35. The summed E-state index contributed by atoms with van der Waals surface area (Å²) in [6.45, 7) is 4.35. The highest BCUT2D eigenvalue weighted by atomic mass is 32.1. The lowest BCUT2D eigenvalue weighted by atomic mass is 10.1. The van der Waals surface area contributed by atoms with Gasteiger partial charge in [0.2, 0.25) is 0 Å². The lowest BCUT2D eigenvalue weighted by molar-refractivity contribution is 0.479. The van der Waals surface area contributed by atoms with E-state index in [1.165, 1.54) is 28.8 Å². The van der Waals surface area contributed by atoms with Gasteiger partial charge in [-0.25, -0.2) is 4.98 Å². The summed E-state index contributed by atoms with van der Waals surface area (Å²) < 4.78 is 3.10. The normalized spacial score (nSPS) is 15.6. The Bertz CT molecular complexity index is 1120. The van der Waals surface area contributed by atoms with Crippen molar-refractivity contribution in [1.82, 2.24) is 20.1 Å². The molecule has 0 bridgehead atoms. The van der Waals surface area contributed by atoms with Crippen molar-refractivity contribution in [1.29, 1.82) is 0 Å². The van der Waals surface area contributed by atoms with Gasteiger partial charge in [-0.1, -0.05) is 0 Å². The monoisotopic (exact) mass is 377 g/mol. The van der Waals surface area contributed by atoms with Crippen molar-refractivity contribution >= 4 is 38.1 Å². The molecule has 2 aromatic carbocycles. The first-order valence-corrected chi connectivity index (χ1v) is 10.3. The average molecular weight is 378 g/mol. The Hall–Kier alpha value is -2.44. The van der Waals surface area contributed by atoms with Crippen LogP contribution in [-0.2, 0) is 7.05 Å². The number of hydrogen-bond donors (Lipinski definition) is 2. The summed E-state index contributed by atoms with van der Waals surface area (Å²) in [7, 11) is 1.96. The van der Waals surface area contributed by atoms with E-state index in [9.17, 15) is 0 Å². The number of aryl methyl sites for hydroxylation is 2. The molecule has 5 rings (SSSR count). The molecule has 5 nitrogen and oxygen atoms in total. The van der Waals surface area contributed by atoms with Crippen molar-refractivity contribution < 1.29 is 0 Å². The predicted molar refractivity (Wildman–Crippen MR) is 114 cm³/mol. The summed E-state index contributed by atoms with van der Waals surface area (Å²) in [5, 5.41) is 13.8. The Morgan fingerprint density at radius 2 is 2.04 bits per heavy atom. The third kappa shape index (κ3) is 3.19. The van der Waals surface area contributed by atoms with Gasteiger partial charge < -0.3 is 10.6 Å². The zero-order chi connectivity index (χ0) is 18.4. The molecule has 1 aliphatic heterocycles. The van der Waals surface area contributed by atoms with Crippen LogP contribution in [0.3, 0.4) is 0 Å². The highest BCUT2D eigenvalue weighted by molar-refractivity contribution is 7.21. The van der Waals surface area contributed by atoms with Crippen LogP contribution < -0.4 is 10.6 Å². The summed E-state index contributed by atoms with van der Waals surface area (Å²) in [5.41, 5.74) is 5.73. The second-order valence-corrected chi connectivity index (χ2v) is 8.43. The summed E-state index contributed by atoms with van der Waals surface area (Å²) in [5.74, 6) is 0. The predicted octanol–water partition coefficient (Wildman–Crippen LogP) is 4.32. The van der Waals surface area contributed by atoms with Gasteiger partial charge in [-0.3, -0.25) is 4.68 Å². The van der Waals surface area contributed by atoms with Gasteiger partial charge in [0, 0.05) is 35.9 Å². The molecule has 4 aromatic rings. The van der Waals surface area contributed by atoms with Crippen LogP contribution in [0.2, 0.25) is 0 Å². The van der Waals surface area contributed by atoms with E-state index in [0.29, 0.717) is 6.04 Å². The molecule has 0 spiro atoms. The summed E-state index contributed by atoms with van der Waals surface area (Å²) in [6, 6.07) is 11.4. The van der Waals surface area contributed by atoms with Gasteiger partial charge in [0.1, 0.15) is 5.01 Å². The number of aromatic nitrogens is 3. The Kier molecular flexibility index (Phi) is 4.10. The van der Waals surface area contributed by atoms with Crippen LogP contribution in [-0.4, -0.2) is 33.9 Å². The van der Waals surface area contributed by atoms with Gasteiger partial charge in [-0.05, 0) is 68.8 Å². The summed E-state index contributed by atoms with van der Waals surface area (Å²) >= 11 is 1.77. The molecular weight excluding hydrogens is 354 g/mol. The van der Waals surface area contributed by atoms with E-state index in [-0.39, 0.29) is 0 Å². The third-order valence-electron chi connectivity index (χ3n) is 5.26. The van der Waals surface area contributed by atoms with Crippen LogP contribution in [0, 0.1) is 6.92 Å². The summed E-state index contributed by atoms with van der Waals surface area (Å²) in [6.07, 6.45) is 4.41. The van der Waals surface area contributed by atoms with E-state index >= 15 is 0 Å².